The minimum absolute atomic E-state index is 0.0275. The van der Waals surface area contributed by atoms with Gasteiger partial charge in [-0.3, -0.25) is 9.89 Å². The molecule has 2 atom stereocenters. The van der Waals surface area contributed by atoms with E-state index >= 15 is 0 Å². The molecule has 2 aromatic rings. The zero-order valence-electron chi connectivity index (χ0n) is 13.2. The number of benzene rings is 1. The van der Waals surface area contributed by atoms with Crippen LogP contribution >= 0.6 is 0 Å². The summed E-state index contributed by atoms with van der Waals surface area (Å²) in [6, 6.07) is 4.17. The highest BCUT2D eigenvalue weighted by molar-refractivity contribution is 6.07. The maximum absolute atomic E-state index is 12.2. The van der Waals surface area contributed by atoms with Gasteiger partial charge in [0.1, 0.15) is 0 Å². The molecule has 0 spiro atoms. The van der Waals surface area contributed by atoms with Crippen molar-refractivity contribution in [1.29, 1.82) is 0 Å². The number of aromatic nitrogens is 2. The molecule has 0 radical (unpaired) electrons. The van der Waals surface area contributed by atoms with Crippen molar-refractivity contribution in [2.75, 3.05) is 7.11 Å². The third kappa shape index (κ3) is 1.61. The van der Waals surface area contributed by atoms with Gasteiger partial charge in [0.25, 0.3) is 0 Å². The summed E-state index contributed by atoms with van der Waals surface area (Å²) in [5.74, 6) is 0.569. The van der Waals surface area contributed by atoms with E-state index in [4.69, 9.17) is 4.74 Å². The van der Waals surface area contributed by atoms with Crippen molar-refractivity contribution in [3.63, 3.8) is 0 Å². The molecule has 2 aliphatic rings. The predicted molar refractivity (Wildman–Crippen MR) is 85.5 cm³/mol. The van der Waals surface area contributed by atoms with Crippen LogP contribution in [-0.4, -0.2) is 23.1 Å². The quantitative estimate of drug-likeness (QED) is 0.921. The first kappa shape index (κ1) is 13.7. The van der Waals surface area contributed by atoms with Gasteiger partial charge in [0.2, 0.25) is 0 Å². The van der Waals surface area contributed by atoms with Crippen molar-refractivity contribution >= 4 is 22.3 Å². The fourth-order valence-corrected chi connectivity index (χ4v) is 4.22. The van der Waals surface area contributed by atoms with Gasteiger partial charge in [-0.25, -0.2) is 0 Å². The Kier molecular flexibility index (Phi) is 2.98. The number of allylic oxidation sites excluding steroid dienone is 1. The van der Waals surface area contributed by atoms with Crippen LogP contribution in [0.25, 0.3) is 16.5 Å². The van der Waals surface area contributed by atoms with Gasteiger partial charge in [-0.2, -0.15) is 5.10 Å². The summed E-state index contributed by atoms with van der Waals surface area (Å²) in [7, 11) is 1.77. The molecule has 4 heteroatoms. The number of rotatable bonds is 2. The molecular formula is C18H20N2O2. The fraction of sp³-hybridized carbons (Fsp3) is 0.444. The van der Waals surface area contributed by atoms with Crippen molar-refractivity contribution in [3.05, 3.63) is 34.5 Å². The van der Waals surface area contributed by atoms with Crippen LogP contribution in [0.15, 0.2) is 17.7 Å². The van der Waals surface area contributed by atoms with Gasteiger partial charge < -0.3 is 4.74 Å². The summed E-state index contributed by atoms with van der Waals surface area (Å²) >= 11 is 0. The van der Waals surface area contributed by atoms with Gasteiger partial charge in [-0.15, -0.1) is 0 Å². The number of aromatic amines is 1. The lowest BCUT2D eigenvalue weighted by Crippen LogP contribution is -2.18. The van der Waals surface area contributed by atoms with Crippen LogP contribution in [0.4, 0.5) is 0 Å². The molecule has 114 valence electrons. The second-order valence-electron chi connectivity index (χ2n) is 6.24. The number of Topliss-reactive ketones (excluding diaryl/α,β-unsaturated/α-hetero) is 1. The van der Waals surface area contributed by atoms with Gasteiger partial charge >= 0.3 is 0 Å². The third-order valence-corrected chi connectivity index (χ3v) is 5.26. The predicted octanol–water partition coefficient (Wildman–Crippen LogP) is 3.58. The number of fused-ring (bicyclic) bond motifs is 5. The first-order valence-corrected chi connectivity index (χ1v) is 7.94. The van der Waals surface area contributed by atoms with Crippen molar-refractivity contribution < 1.29 is 9.53 Å². The number of carbonyl (C=O) groups excluding carboxylic acids is 1. The minimum Gasteiger partial charge on any atom is -0.376 e. The number of H-pyrrole nitrogens is 1. The van der Waals surface area contributed by atoms with Crippen LogP contribution in [0.1, 0.15) is 49.6 Å². The van der Waals surface area contributed by atoms with E-state index in [2.05, 4.69) is 29.3 Å². The fourth-order valence-electron chi connectivity index (χ4n) is 4.22. The van der Waals surface area contributed by atoms with E-state index < -0.39 is 0 Å². The van der Waals surface area contributed by atoms with Crippen LogP contribution in [0, 0.1) is 5.92 Å². The van der Waals surface area contributed by atoms with E-state index in [1.165, 1.54) is 22.1 Å². The Morgan fingerprint density at radius 2 is 2.23 bits per heavy atom. The number of nitrogens with one attached hydrogen (secondary N) is 1. The molecule has 0 saturated heterocycles. The summed E-state index contributed by atoms with van der Waals surface area (Å²) in [6.07, 6.45) is 2.44. The molecule has 4 rings (SSSR count). The number of hydrogen-bond acceptors (Lipinski definition) is 3. The Morgan fingerprint density at radius 1 is 1.41 bits per heavy atom. The molecule has 0 saturated carbocycles. The molecule has 4 nitrogen and oxygen atoms in total. The number of ether oxygens (including phenoxy) is 1. The SMILES string of the molecule is CCc1[nH]nc2ccc3c(c12)C(OC)C1CCC(=O)C(C)=C31. The van der Waals surface area contributed by atoms with Crippen LogP contribution in [-0.2, 0) is 16.0 Å². The Labute approximate surface area is 129 Å². The zero-order chi connectivity index (χ0) is 15.4. The van der Waals surface area contributed by atoms with Gasteiger partial charge in [0.05, 0.1) is 11.6 Å². The zero-order valence-corrected chi connectivity index (χ0v) is 13.2. The number of ketones is 1. The van der Waals surface area contributed by atoms with Gasteiger partial charge in [0, 0.05) is 36.1 Å². The van der Waals surface area contributed by atoms with E-state index in [1.807, 2.05) is 6.92 Å². The van der Waals surface area contributed by atoms with Crippen LogP contribution in [0.5, 0.6) is 0 Å². The van der Waals surface area contributed by atoms with Crippen LogP contribution < -0.4 is 0 Å². The largest absolute Gasteiger partial charge is 0.376 e. The van der Waals surface area contributed by atoms with E-state index in [0.717, 1.165) is 29.6 Å². The molecule has 1 aromatic carbocycles. The molecule has 1 aromatic heterocycles. The summed E-state index contributed by atoms with van der Waals surface area (Å²) in [4.78, 5) is 12.2. The number of nitrogens with zero attached hydrogens (tertiary/aromatic N) is 1. The number of methoxy groups -OCH3 is 1. The summed E-state index contributed by atoms with van der Waals surface area (Å²) < 4.78 is 5.88. The highest BCUT2D eigenvalue weighted by Crippen LogP contribution is 2.54. The molecular weight excluding hydrogens is 276 g/mol. The van der Waals surface area contributed by atoms with E-state index in [9.17, 15) is 4.79 Å². The summed E-state index contributed by atoms with van der Waals surface area (Å²) in [6.45, 7) is 4.09. The number of carbonyl (C=O) groups is 1. The Bertz CT molecular complexity index is 816. The average Bonchev–Trinajstić information content (AvgIpc) is 3.08. The van der Waals surface area contributed by atoms with Gasteiger partial charge in [-0.1, -0.05) is 13.0 Å². The smallest absolute Gasteiger partial charge is 0.158 e. The molecule has 1 heterocycles. The first-order chi connectivity index (χ1) is 10.7. The number of hydrogen-bond donors (Lipinski definition) is 1. The highest BCUT2D eigenvalue weighted by atomic mass is 16.5. The van der Waals surface area contributed by atoms with Crippen molar-refractivity contribution in [3.8, 4) is 0 Å². The third-order valence-electron chi connectivity index (χ3n) is 5.26. The summed E-state index contributed by atoms with van der Waals surface area (Å²) in [5, 5.41) is 8.76. The molecule has 0 aliphatic heterocycles. The second kappa shape index (κ2) is 4.78. The molecule has 22 heavy (non-hydrogen) atoms. The molecule has 2 aliphatic carbocycles. The first-order valence-electron chi connectivity index (χ1n) is 7.94. The molecule has 1 N–H and O–H groups in total. The highest BCUT2D eigenvalue weighted by Gasteiger charge is 2.42. The Morgan fingerprint density at radius 3 is 2.95 bits per heavy atom. The molecule has 0 fully saturated rings. The maximum atomic E-state index is 12.2. The van der Waals surface area contributed by atoms with Gasteiger partial charge in [0.15, 0.2) is 5.78 Å². The van der Waals surface area contributed by atoms with Crippen LogP contribution in [0.2, 0.25) is 0 Å². The molecule has 2 unspecified atom stereocenters. The monoisotopic (exact) mass is 296 g/mol. The van der Waals surface area contributed by atoms with E-state index in [-0.39, 0.29) is 11.9 Å². The van der Waals surface area contributed by atoms with Gasteiger partial charge in [-0.05, 0) is 42.5 Å². The maximum Gasteiger partial charge on any atom is 0.158 e. The normalized spacial score (nSPS) is 24.0. The second-order valence-corrected chi connectivity index (χ2v) is 6.24. The summed E-state index contributed by atoms with van der Waals surface area (Å²) in [5.41, 5.74) is 6.66. The Balaban J connectivity index is 2.08. The number of aryl methyl sites for hydroxylation is 1. The van der Waals surface area contributed by atoms with Crippen molar-refractivity contribution in [2.45, 2.75) is 39.2 Å². The standard InChI is InChI=1S/C18H20N2O2/c1-4-12-17-13(20-19-12)7-5-10-15-9(2)14(21)8-6-11(15)18(22-3)16(10)17/h5,7,11,18H,4,6,8H2,1-3H3,(H,19,20). The lowest BCUT2D eigenvalue weighted by Gasteiger charge is -2.25. The average molecular weight is 296 g/mol. The van der Waals surface area contributed by atoms with Crippen molar-refractivity contribution in [1.82, 2.24) is 10.2 Å². The lowest BCUT2D eigenvalue weighted by atomic mass is 9.82. The lowest BCUT2D eigenvalue weighted by molar-refractivity contribution is -0.116. The molecule has 0 amide bonds. The van der Waals surface area contributed by atoms with E-state index in [1.54, 1.807) is 7.11 Å². The van der Waals surface area contributed by atoms with Crippen LogP contribution in [0.3, 0.4) is 0 Å². The van der Waals surface area contributed by atoms with Crippen molar-refractivity contribution in [2.24, 2.45) is 5.92 Å². The Hall–Kier alpha value is -1.94. The van der Waals surface area contributed by atoms with E-state index in [0.29, 0.717) is 12.3 Å². The molecule has 0 bridgehead atoms. The minimum atomic E-state index is 0.0275. The topological polar surface area (TPSA) is 55.0 Å².